The van der Waals surface area contributed by atoms with Gasteiger partial charge in [0.2, 0.25) is 0 Å². The van der Waals surface area contributed by atoms with Crippen LogP contribution < -0.4 is 0 Å². The van der Waals surface area contributed by atoms with Crippen LogP contribution in [0.25, 0.3) is 11.2 Å². The molecule has 0 saturated carbocycles. The summed E-state index contributed by atoms with van der Waals surface area (Å²) in [6, 6.07) is 1.07. The molecule has 2 heterocycles. The summed E-state index contributed by atoms with van der Waals surface area (Å²) in [6.45, 7) is 2.05. The minimum atomic E-state index is -4.41. The maximum Gasteiger partial charge on any atom is 0.417 e. The molecule has 2 aromatic rings. The molecule has 0 aromatic carbocycles. The smallest absolute Gasteiger partial charge is 0.315 e. The van der Waals surface area contributed by atoms with Crippen LogP contribution in [0.15, 0.2) is 35.6 Å². The first-order valence-corrected chi connectivity index (χ1v) is 8.67. The van der Waals surface area contributed by atoms with Gasteiger partial charge in [0.1, 0.15) is 11.3 Å². The molecule has 0 radical (unpaired) electrons. The molecular weight excluding hydrogens is 418 g/mol. The van der Waals surface area contributed by atoms with E-state index in [1.807, 2.05) is 7.05 Å². The van der Waals surface area contributed by atoms with Crippen molar-refractivity contribution < 1.29 is 13.2 Å². The van der Waals surface area contributed by atoms with Crippen molar-refractivity contribution in [2.75, 3.05) is 4.43 Å². The van der Waals surface area contributed by atoms with Crippen LogP contribution in [0.4, 0.5) is 13.2 Å². The first-order chi connectivity index (χ1) is 10.8. The minimum Gasteiger partial charge on any atom is -0.315 e. The van der Waals surface area contributed by atoms with Gasteiger partial charge >= 0.3 is 6.18 Å². The van der Waals surface area contributed by atoms with Crippen molar-refractivity contribution in [3.05, 3.63) is 46.9 Å². The SMILES string of the molecule is CC1=C(CI)C(c2nc3cc(C(F)(F)F)cnc3n2C)CC=C1. The van der Waals surface area contributed by atoms with Gasteiger partial charge in [0, 0.05) is 23.6 Å². The zero-order valence-corrected chi connectivity index (χ0v) is 14.8. The van der Waals surface area contributed by atoms with Crippen LogP contribution >= 0.6 is 22.6 Å². The summed E-state index contributed by atoms with van der Waals surface area (Å²) in [6.07, 6.45) is 1.45. The zero-order chi connectivity index (χ0) is 16.8. The summed E-state index contributed by atoms with van der Waals surface area (Å²) >= 11 is 2.32. The summed E-state index contributed by atoms with van der Waals surface area (Å²) in [7, 11) is 1.81. The van der Waals surface area contributed by atoms with Gasteiger partial charge in [-0.15, -0.1) is 0 Å². The summed E-state index contributed by atoms with van der Waals surface area (Å²) in [4.78, 5) is 8.45. The van der Waals surface area contributed by atoms with Gasteiger partial charge in [0.15, 0.2) is 5.65 Å². The number of fused-ring (bicyclic) bond motifs is 1. The van der Waals surface area contributed by atoms with Crippen LogP contribution in [0.5, 0.6) is 0 Å². The van der Waals surface area contributed by atoms with Crippen molar-refractivity contribution in [1.29, 1.82) is 0 Å². The third-order valence-electron chi connectivity index (χ3n) is 4.19. The summed E-state index contributed by atoms with van der Waals surface area (Å²) in [5, 5.41) is 0. The molecule has 0 aliphatic heterocycles. The minimum absolute atomic E-state index is 0.0884. The lowest BCUT2D eigenvalue weighted by Gasteiger charge is -2.22. The molecule has 0 bridgehead atoms. The lowest BCUT2D eigenvalue weighted by atomic mass is 9.88. The van der Waals surface area contributed by atoms with Crippen molar-refractivity contribution in [2.45, 2.75) is 25.4 Å². The normalized spacial score (nSPS) is 19.0. The molecule has 0 amide bonds. The Morgan fingerprint density at radius 1 is 1.39 bits per heavy atom. The maximum absolute atomic E-state index is 12.9. The average Bonchev–Trinajstić information content (AvgIpc) is 2.82. The molecular formula is C16H15F3IN3. The summed E-state index contributed by atoms with van der Waals surface area (Å²) < 4.78 is 41.2. The highest BCUT2D eigenvalue weighted by molar-refractivity contribution is 14.1. The monoisotopic (exact) mass is 433 g/mol. The van der Waals surface area contributed by atoms with Crippen molar-refractivity contribution in [3.63, 3.8) is 0 Å². The molecule has 0 N–H and O–H groups in total. The van der Waals surface area contributed by atoms with Crippen LogP contribution in [-0.2, 0) is 13.2 Å². The number of pyridine rings is 1. The second-order valence-corrected chi connectivity index (χ2v) is 6.39. The van der Waals surface area contributed by atoms with Gasteiger partial charge in [-0.1, -0.05) is 40.3 Å². The lowest BCUT2D eigenvalue weighted by molar-refractivity contribution is -0.137. The molecule has 1 aliphatic carbocycles. The van der Waals surface area contributed by atoms with Gasteiger partial charge in [-0.2, -0.15) is 13.2 Å². The average molecular weight is 433 g/mol. The number of aryl methyl sites for hydroxylation is 1. The van der Waals surface area contributed by atoms with E-state index in [0.717, 1.165) is 28.9 Å². The molecule has 3 rings (SSSR count). The van der Waals surface area contributed by atoms with E-state index in [1.165, 1.54) is 11.1 Å². The topological polar surface area (TPSA) is 30.7 Å². The molecule has 1 unspecified atom stereocenters. The highest BCUT2D eigenvalue weighted by Gasteiger charge is 2.32. The zero-order valence-electron chi connectivity index (χ0n) is 12.7. The predicted octanol–water partition coefficient (Wildman–Crippen LogP) is 4.78. The second-order valence-electron chi connectivity index (χ2n) is 5.63. The Bertz CT molecular complexity index is 818. The van der Waals surface area contributed by atoms with E-state index < -0.39 is 11.7 Å². The van der Waals surface area contributed by atoms with Crippen molar-refractivity contribution in [2.24, 2.45) is 7.05 Å². The molecule has 0 fully saturated rings. The standard InChI is InChI=1S/C16H15F3IN3/c1-9-4-3-5-11(12(9)7-20)14-22-13-6-10(16(17,18)19)8-21-15(13)23(14)2/h3-4,6,8,11H,5,7H2,1-2H3. The molecule has 1 atom stereocenters. The molecule has 2 aromatic heterocycles. The van der Waals surface area contributed by atoms with E-state index in [-0.39, 0.29) is 11.4 Å². The fraction of sp³-hybridized carbons (Fsp3) is 0.375. The maximum atomic E-state index is 12.9. The van der Waals surface area contributed by atoms with E-state index in [0.29, 0.717) is 5.65 Å². The number of hydrogen-bond acceptors (Lipinski definition) is 2. The Hall–Kier alpha value is -1.38. The lowest BCUT2D eigenvalue weighted by Crippen LogP contribution is -2.13. The van der Waals surface area contributed by atoms with Crippen molar-refractivity contribution in [1.82, 2.24) is 14.5 Å². The van der Waals surface area contributed by atoms with E-state index in [9.17, 15) is 13.2 Å². The van der Waals surface area contributed by atoms with Gasteiger partial charge in [0.05, 0.1) is 5.56 Å². The van der Waals surface area contributed by atoms with E-state index in [4.69, 9.17) is 0 Å². The van der Waals surface area contributed by atoms with Crippen LogP contribution in [0.2, 0.25) is 0 Å². The highest BCUT2D eigenvalue weighted by Crippen LogP contribution is 2.36. The van der Waals surface area contributed by atoms with E-state index in [2.05, 4.69) is 51.6 Å². The molecule has 122 valence electrons. The van der Waals surface area contributed by atoms with Gasteiger partial charge < -0.3 is 4.57 Å². The van der Waals surface area contributed by atoms with Crippen molar-refractivity contribution in [3.8, 4) is 0 Å². The second kappa shape index (κ2) is 5.92. The number of allylic oxidation sites excluding steroid dienone is 4. The van der Waals surface area contributed by atoms with Gasteiger partial charge in [-0.3, -0.25) is 0 Å². The molecule has 0 spiro atoms. The van der Waals surface area contributed by atoms with Crippen LogP contribution in [-0.4, -0.2) is 19.0 Å². The fourth-order valence-corrected chi connectivity index (χ4v) is 4.06. The number of halogens is 4. The Morgan fingerprint density at radius 3 is 2.78 bits per heavy atom. The Kier molecular flexibility index (Phi) is 4.24. The third-order valence-corrected chi connectivity index (χ3v) is 5.02. The van der Waals surface area contributed by atoms with Crippen LogP contribution in [0.3, 0.4) is 0 Å². The fourth-order valence-electron chi connectivity index (χ4n) is 2.93. The largest absolute Gasteiger partial charge is 0.417 e. The van der Waals surface area contributed by atoms with Gasteiger partial charge in [-0.25, -0.2) is 9.97 Å². The highest BCUT2D eigenvalue weighted by atomic mass is 127. The number of nitrogens with zero attached hydrogens (tertiary/aromatic N) is 3. The third kappa shape index (κ3) is 2.90. The van der Waals surface area contributed by atoms with E-state index >= 15 is 0 Å². The Labute approximate surface area is 145 Å². The first kappa shape index (κ1) is 16.5. The quantitative estimate of drug-likeness (QED) is 0.504. The number of aromatic nitrogens is 3. The molecule has 3 nitrogen and oxygen atoms in total. The van der Waals surface area contributed by atoms with Gasteiger partial charge in [-0.05, 0) is 25.0 Å². The summed E-state index contributed by atoms with van der Waals surface area (Å²) in [5.41, 5.74) is 2.47. The first-order valence-electron chi connectivity index (χ1n) is 7.14. The number of rotatable bonds is 2. The number of imidazole rings is 1. The van der Waals surface area contributed by atoms with Crippen molar-refractivity contribution >= 4 is 33.8 Å². The number of alkyl halides is 4. The molecule has 23 heavy (non-hydrogen) atoms. The Balaban J connectivity index is 2.12. The molecule has 0 saturated heterocycles. The Morgan fingerprint density at radius 2 is 2.13 bits per heavy atom. The number of hydrogen-bond donors (Lipinski definition) is 0. The van der Waals surface area contributed by atoms with Gasteiger partial charge in [0.25, 0.3) is 0 Å². The summed E-state index contributed by atoms with van der Waals surface area (Å²) in [5.74, 6) is 0.854. The van der Waals surface area contributed by atoms with Crippen LogP contribution in [0, 0.1) is 0 Å². The predicted molar refractivity (Wildman–Crippen MR) is 91.6 cm³/mol. The molecule has 1 aliphatic rings. The molecule has 7 heteroatoms. The van der Waals surface area contributed by atoms with Crippen LogP contribution in [0.1, 0.15) is 30.7 Å². The van der Waals surface area contributed by atoms with E-state index in [1.54, 1.807) is 4.57 Å².